The molecule has 1 heterocycles. The van der Waals surface area contributed by atoms with Crippen LogP contribution in [-0.2, 0) is 21.3 Å². The Balaban J connectivity index is 2.33. The first-order chi connectivity index (χ1) is 9.93. The highest BCUT2D eigenvalue weighted by Crippen LogP contribution is 2.09. The lowest BCUT2D eigenvalue weighted by Gasteiger charge is -2.08. The highest BCUT2D eigenvalue weighted by molar-refractivity contribution is 7.92. The van der Waals surface area contributed by atoms with E-state index >= 15 is 0 Å². The van der Waals surface area contributed by atoms with Gasteiger partial charge in [-0.3, -0.25) is 9.40 Å². The number of nitrogens with zero attached hydrogens (tertiary/aromatic N) is 2. The summed E-state index contributed by atoms with van der Waals surface area (Å²) >= 11 is 0. The Bertz CT molecular complexity index is 499. The largest absolute Gasteiger partial charge is 0.383 e. The van der Waals surface area contributed by atoms with Crippen LogP contribution in [0.5, 0.6) is 0 Å². The smallest absolute Gasteiger partial charge is 0.232 e. The van der Waals surface area contributed by atoms with Crippen molar-refractivity contribution in [2.24, 2.45) is 0 Å². The maximum absolute atomic E-state index is 11.9. The maximum Gasteiger partial charge on any atom is 0.232 e. The zero-order chi connectivity index (χ0) is 15.7. The van der Waals surface area contributed by atoms with Gasteiger partial charge in [-0.2, -0.15) is 5.10 Å². The number of hydrogen-bond donors (Lipinski definition) is 2. The number of anilines is 1. The van der Waals surface area contributed by atoms with Crippen molar-refractivity contribution in [3.05, 3.63) is 12.4 Å². The summed E-state index contributed by atoms with van der Waals surface area (Å²) in [5, 5.41) is 7.33. The monoisotopic (exact) mass is 318 g/mol. The summed E-state index contributed by atoms with van der Waals surface area (Å²) < 4.78 is 33.0. The molecule has 1 aromatic rings. The molecule has 0 saturated carbocycles. The summed E-state index contributed by atoms with van der Waals surface area (Å²) in [5.74, 6) is 0.121. The summed E-state index contributed by atoms with van der Waals surface area (Å²) in [4.78, 5) is 0. The van der Waals surface area contributed by atoms with Crippen molar-refractivity contribution in [1.29, 1.82) is 0 Å². The van der Waals surface area contributed by atoms with Crippen LogP contribution in [0, 0.1) is 0 Å². The lowest BCUT2D eigenvalue weighted by atomic mass is 10.3. The third-order valence-electron chi connectivity index (χ3n) is 2.82. The summed E-state index contributed by atoms with van der Waals surface area (Å²) in [6, 6.07) is 0.428. The number of unbranched alkanes of at least 4 members (excludes halogenated alkanes) is 1. The van der Waals surface area contributed by atoms with Gasteiger partial charge in [-0.25, -0.2) is 8.42 Å². The fraction of sp³-hybridized carbons (Fsp3) is 0.769. The third-order valence-corrected chi connectivity index (χ3v) is 4.20. The SMILES string of the molecule is COCCn1cc(NS(=O)(=O)CCCCNC(C)C)cn1. The Labute approximate surface area is 127 Å². The molecular formula is C13H26N4O3S. The Morgan fingerprint density at radius 3 is 2.81 bits per heavy atom. The van der Waals surface area contributed by atoms with Gasteiger partial charge in [0, 0.05) is 19.3 Å². The van der Waals surface area contributed by atoms with Crippen molar-refractivity contribution in [3.63, 3.8) is 0 Å². The van der Waals surface area contributed by atoms with Gasteiger partial charge >= 0.3 is 0 Å². The van der Waals surface area contributed by atoms with Crippen molar-refractivity contribution in [3.8, 4) is 0 Å². The van der Waals surface area contributed by atoms with Crippen molar-refractivity contribution in [1.82, 2.24) is 15.1 Å². The van der Waals surface area contributed by atoms with Crippen LogP contribution in [0.4, 0.5) is 5.69 Å². The molecule has 0 aromatic carbocycles. The molecule has 0 aliphatic carbocycles. The van der Waals surface area contributed by atoms with Crippen LogP contribution in [0.25, 0.3) is 0 Å². The number of nitrogens with one attached hydrogen (secondary N) is 2. The molecule has 0 aliphatic rings. The first-order valence-corrected chi connectivity index (χ1v) is 8.83. The van der Waals surface area contributed by atoms with Crippen LogP contribution < -0.4 is 10.0 Å². The minimum atomic E-state index is -3.30. The molecule has 122 valence electrons. The number of sulfonamides is 1. The van der Waals surface area contributed by atoms with Crippen LogP contribution in [0.1, 0.15) is 26.7 Å². The lowest BCUT2D eigenvalue weighted by Crippen LogP contribution is -2.24. The predicted molar refractivity (Wildman–Crippen MR) is 83.9 cm³/mol. The number of methoxy groups -OCH3 is 1. The van der Waals surface area contributed by atoms with Crippen LogP contribution in [0.15, 0.2) is 12.4 Å². The molecule has 7 nitrogen and oxygen atoms in total. The Morgan fingerprint density at radius 2 is 2.14 bits per heavy atom. The quantitative estimate of drug-likeness (QED) is 0.596. The van der Waals surface area contributed by atoms with E-state index in [2.05, 4.69) is 29.0 Å². The second-order valence-corrected chi connectivity index (χ2v) is 7.06. The average Bonchev–Trinajstić information content (AvgIpc) is 2.82. The highest BCUT2D eigenvalue weighted by atomic mass is 32.2. The average molecular weight is 318 g/mol. The molecule has 1 aromatic heterocycles. The molecule has 0 saturated heterocycles. The minimum absolute atomic E-state index is 0.121. The van der Waals surface area contributed by atoms with Gasteiger partial charge in [0.15, 0.2) is 0 Å². The first kappa shape index (κ1) is 17.9. The lowest BCUT2D eigenvalue weighted by molar-refractivity contribution is 0.183. The molecule has 21 heavy (non-hydrogen) atoms. The molecule has 0 fully saturated rings. The van der Waals surface area contributed by atoms with E-state index in [0.29, 0.717) is 31.3 Å². The van der Waals surface area contributed by atoms with E-state index in [1.807, 2.05) is 0 Å². The molecule has 2 N–H and O–H groups in total. The first-order valence-electron chi connectivity index (χ1n) is 7.18. The Morgan fingerprint density at radius 1 is 1.38 bits per heavy atom. The van der Waals surface area contributed by atoms with E-state index in [9.17, 15) is 8.42 Å². The standard InChI is InChI=1S/C13H26N4O3S/c1-12(2)14-6-4-5-9-21(18,19)16-13-10-15-17(11-13)7-8-20-3/h10-12,14,16H,4-9H2,1-3H3. The maximum atomic E-state index is 11.9. The highest BCUT2D eigenvalue weighted by Gasteiger charge is 2.11. The Hall–Kier alpha value is -1.12. The molecule has 0 spiro atoms. The predicted octanol–water partition coefficient (Wildman–Crippen LogP) is 1.05. The van der Waals surface area contributed by atoms with Gasteiger partial charge in [0.05, 0.1) is 30.8 Å². The number of ether oxygens (including phenoxy) is 1. The second kappa shape index (κ2) is 9.01. The third kappa shape index (κ3) is 8.03. The van der Waals surface area contributed by atoms with Crippen molar-refractivity contribution < 1.29 is 13.2 Å². The summed E-state index contributed by atoms with van der Waals surface area (Å²) in [6.07, 6.45) is 4.64. The minimum Gasteiger partial charge on any atom is -0.383 e. The topological polar surface area (TPSA) is 85.2 Å². The molecule has 0 radical (unpaired) electrons. The van der Waals surface area contributed by atoms with Crippen molar-refractivity contribution in [2.75, 3.05) is 30.7 Å². The van der Waals surface area contributed by atoms with Gasteiger partial charge in [0.1, 0.15) is 0 Å². The molecular weight excluding hydrogens is 292 g/mol. The van der Waals surface area contributed by atoms with Gasteiger partial charge in [0.2, 0.25) is 10.0 Å². The van der Waals surface area contributed by atoms with Crippen LogP contribution in [0.3, 0.4) is 0 Å². The molecule has 8 heteroatoms. The van der Waals surface area contributed by atoms with Crippen LogP contribution >= 0.6 is 0 Å². The van der Waals surface area contributed by atoms with E-state index in [4.69, 9.17) is 4.74 Å². The number of rotatable bonds is 11. The molecule has 0 aliphatic heterocycles. The summed E-state index contributed by atoms with van der Waals surface area (Å²) in [7, 11) is -1.69. The summed E-state index contributed by atoms with van der Waals surface area (Å²) in [5.41, 5.74) is 0.492. The molecule has 0 bridgehead atoms. The number of hydrogen-bond acceptors (Lipinski definition) is 5. The molecule has 0 unspecified atom stereocenters. The zero-order valence-corrected chi connectivity index (χ0v) is 13.8. The zero-order valence-electron chi connectivity index (χ0n) is 13.0. The number of aromatic nitrogens is 2. The molecule has 0 atom stereocenters. The van der Waals surface area contributed by atoms with Gasteiger partial charge in [-0.15, -0.1) is 0 Å². The Kier molecular flexibility index (Phi) is 7.69. The van der Waals surface area contributed by atoms with Crippen molar-refractivity contribution in [2.45, 2.75) is 39.3 Å². The second-order valence-electron chi connectivity index (χ2n) is 5.22. The fourth-order valence-electron chi connectivity index (χ4n) is 1.76. The van der Waals surface area contributed by atoms with Crippen LogP contribution in [-0.4, -0.2) is 50.3 Å². The molecule has 0 amide bonds. The van der Waals surface area contributed by atoms with E-state index in [1.165, 1.54) is 6.20 Å². The molecule has 1 rings (SSSR count). The van der Waals surface area contributed by atoms with E-state index < -0.39 is 10.0 Å². The van der Waals surface area contributed by atoms with E-state index in [0.717, 1.165) is 13.0 Å². The van der Waals surface area contributed by atoms with Gasteiger partial charge in [-0.05, 0) is 19.4 Å². The van der Waals surface area contributed by atoms with Crippen molar-refractivity contribution >= 4 is 15.7 Å². The fourth-order valence-corrected chi connectivity index (χ4v) is 2.91. The van der Waals surface area contributed by atoms with E-state index in [1.54, 1.807) is 18.0 Å². The van der Waals surface area contributed by atoms with Crippen LogP contribution in [0.2, 0.25) is 0 Å². The van der Waals surface area contributed by atoms with Gasteiger partial charge in [-0.1, -0.05) is 13.8 Å². The van der Waals surface area contributed by atoms with Gasteiger partial charge < -0.3 is 10.1 Å². The summed E-state index contributed by atoms with van der Waals surface area (Å²) in [6.45, 7) is 6.11. The normalized spacial score (nSPS) is 12.0. The van der Waals surface area contributed by atoms with E-state index in [-0.39, 0.29) is 5.75 Å². The van der Waals surface area contributed by atoms with Gasteiger partial charge in [0.25, 0.3) is 0 Å².